The lowest BCUT2D eigenvalue weighted by Gasteiger charge is -2.05. The van der Waals surface area contributed by atoms with Crippen molar-refractivity contribution in [2.24, 2.45) is 0 Å². The molecule has 0 aliphatic carbocycles. The van der Waals surface area contributed by atoms with Crippen LogP contribution >= 0.6 is 0 Å². The van der Waals surface area contributed by atoms with Crippen LogP contribution in [0.15, 0.2) is 12.4 Å². The number of hydrogen-bond donors (Lipinski definition) is 2. The zero-order valence-corrected chi connectivity index (χ0v) is 8.03. The van der Waals surface area contributed by atoms with Crippen LogP contribution in [0.3, 0.4) is 0 Å². The third kappa shape index (κ3) is 3.57. The van der Waals surface area contributed by atoms with E-state index < -0.39 is 0 Å². The fourth-order valence-corrected chi connectivity index (χ4v) is 1.17. The van der Waals surface area contributed by atoms with E-state index in [0.29, 0.717) is 0 Å². The molecule has 0 aliphatic heterocycles. The van der Waals surface area contributed by atoms with Crippen LogP contribution in [0.25, 0.3) is 0 Å². The van der Waals surface area contributed by atoms with Gasteiger partial charge in [-0.15, -0.1) is 0 Å². The van der Waals surface area contributed by atoms with Crippen LogP contribution < -0.4 is 5.32 Å². The molecule has 0 atom stereocenters. The van der Waals surface area contributed by atoms with Crippen LogP contribution in [-0.4, -0.2) is 34.4 Å². The summed E-state index contributed by atoms with van der Waals surface area (Å²) in [5.74, 6) is 1.05. The summed E-state index contributed by atoms with van der Waals surface area (Å²) >= 11 is 0. The number of hydrogen-bond acceptors (Lipinski definition) is 3. The molecule has 0 saturated heterocycles. The largest absolute Gasteiger partial charge is 0.396 e. The molecule has 0 unspecified atom stereocenters. The minimum Gasteiger partial charge on any atom is -0.396 e. The van der Waals surface area contributed by atoms with E-state index in [-0.39, 0.29) is 6.61 Å². The quantitative estimate of drug-likeness (QED) is 0.618. The zero-order valence-electron chi connectivity index (χ0n) is 8.03. The van der Waals surface area contributed by atoms with E-state index in [0.717, 1.165) is 31.9 Å². The number of aliphatic hydroxyl groups is 1. The van der Waals surface area contributed by atoms with Crippen molar-refractivity contribution in [1.82, 2.24) is 14.9 Å². The molecule has 4 nitrogen and oxygen atoms in total. The van der Waals surface area contributed by atoms with Crippen LogP contribution in [-0.2, 0) is 6.54 Å². The van der Waals surface area contributed by atoms with Crippen LogP contribution in [0.4, 0.5) is 0 Å². The first-order valence-electron chi connectivity index (χ1n) is 4.64. The van der Waals surface area contributed by atoms with E-state index in [4.69, 9.17) is 5.11 Å². The average molecular weight is 183 g/mol. The predicted octanol–water partition coefficient (Wildman–Crippen LogP) is 0.164. The molecule has 0 radical (unpaired) electrons. The Labute approximate surface area is 78.6 Å². The SMILES string of the molecule is Cc1nccn1CCNCCCO. The molecule has 1 heterocycles. The van der Waals surface area contributed by atoms with Crippen molar-refractivity contribution < 1.29 is 5.11 Å². The number of imidazole rings is 1. The Morgan fingerprint density at radius 2 is 2.38 bits per heavy atom. The summed E-state index contributed by atoms with van der Waals surface area (Å²) in [6, 6.07) is 0. The Balaban J connectivity index is 2.10. The minimum absolute atomic E-state index is 0.261. The number of nitrogens with zero attached hydrogens (tertiary/aromatic N) is 2. The number of nitrogens with one attached hydrogen (secondary N) is 1. The van der Waals surface area contributed by atoms with E-state index in [1.165, 1.54) is 0 Å². The van der Waals surface area contributed by atoms with Gasteiger partial charge in [0.25, 0.3) is 0 Å². The summed E-state index contributed by atoms with van der Waals surface area (Å²) in [7, 11) is 0. The predicted molar refractivity (Wildman–Crippen MR) is 51.5 cm³/mol. The van der Waals surface area contributed by atoms with Crippen LogP contribution in [0, 0.1) is 6.92 Å². The summed E-state index contributed by atoms with van der Waals surface area (Å²) in [5, 5.41) is 11.8. The van der Waals surface area contributed by atoms with Crippen molar-refractivity contribution in [3.05, 3.63) is 18.2 Å². The molecule has 0 spiro atoms. The van der Waals surface area contributed by atoms with Crippen molar-refractivity contribution in [3.8, 4) is 0 Å². The topological polar surface area (TPSA) is 50.1 Å². The lowest BCUT2D eigenvalue weighted by molar-refractivity contribution is 0.286. The van der Waals surface area contributed by atoms with Gasteiger partial charge in [0.2, 0.25) is 0 Å². The molecule has 4 heteroatoms. The zero-order chi connectivity index (χ0) is 9.52. The molecule has 0 saturated carbocycles. The van der Waals surface area contributed by atoms with Gasteiger partial charge < -0.3 is 15.0 Å². The van der Waals surface area contributed by atoms with Crippen LogP contribution in [0.2, 0.25) is 0 Å². The maximum atomic E-state index is 8.54. The fraction of sp³-hybridized carbons (Fsp3) is 0.667. The molecule has 0 fully saturated rings. The second-order valence-corrected chi connectivity index (χ2v) is 3.00. The first-order chi connectivity index (χ1) is 6.34. The second-order valence-electron chi connectivity index (χ2n) is 3.00. The monoisotopic (exact) mass is 183 g/mol. The summed E-state index contributed by atoms with van der Waals surface area (Å²) in [6.45, 7) is 5.00. The van der Waals surface area contributed by atoms with E-state index >= 15 is 0 Å². The summed E-state index contributed by atoms with van der Waals surface area (Å²) in [6.07, 6.45) is 4.61. The van der Waals surface area contributed by atoms with Crippen LogP contribution in [0.5, 0.6) is 0 Å². The highest BCUT2D eigenvalue weighted by Gasteiger charge is 1.94. The molecule has 0 aromatic carbocycles. The minimum atomic E-state index is 0.261. The highest BCUT2D eigenvalue weighted by atomic mass is 16.3. The van der Waals surface area contributed by atoms with Gasteiger partial charge in [-0.25, -0.2) is 4.98 Å². The summed E-state index contributed by atoms with van der Waals surface area (Å²) < 4.78 is 2.10. The average Bonchev–Trinajstić information content (AvgIpc) is 2.52. The molecule has 74 valence electrons. The fourth-order valence-electron chi connectivity index (χ4n) is 1.17. The molecule has 1 aromatic heterocycles. The lowest BCUT2D eigenvalue weighted by atomic mass is 10.4. The van der Waals surface area contributed by atoms with E-state index in [1.807, 2.05) is 19.3 Å². The normalized spacial score (nSPS) is 10.6. The van der Waals surface area contributed by atoms with Gasteiger partial charge in [-0.3, -0.25) is 0 Å². The Morgan fingerprint density at radius 1 is 1.54 bits per heavy atom. The molecular formula is C9H17N3O. The van der Waals surface area contributed by atoms with Gasteiger partial charge in [0.15, 0.2) is 0 Å². The van der Waals surface area contributed by atoms with Crippen molar-refractivity contribution >= 4 is 0 Å². The third-order valence-electron chi connectivity index (χ3n) is 1.96. The lowest BCUT2D eigenvalue weighted by Crippen LogP contribution is -2.21. The van der Waals surface area contributed by atoms with Crippen LogP contribution in [0.1, 0.15) is 12.2 Å². The molecular weight excluding hydrogens is 166 g/mol. The Bertz CT molecular complexity index is 235. The molecule has 0 bridgehead atoms. The highest BCUT2D eigenvalue weighted by molar-refractivity contribution is 4.88. The van der Waals surface area contributed by atoms with Crippen molar-refractivity contribution in [2.45, 2.75) is 19.9 Å². The first kappa shape index (κ1) is 10.2. The first-order valence-corrected chi connectivity index (χ1v) is 4.64. The Morgan fingerprint density at radius 3 is 3.00 bits per heavy atom. The summed E-state index contributed by atoms with van der Waals surface area (Å²) in [5.41, 5.74) is 0. The molecule has 13 heavy (non-hydrogen) atoms. The highest BCUT2D eigenvalue weighted by Crippen LogP contribution is 1.93. The number of aryl methyl sites for hydroxylation is 1. The number of rotatable bonds is 6. The molecule has 0 aliphatic rings. The number of aromatic nitrogens is 2. The maximum absolute atomic E-state index is 8.54. The Kier molecular flexibility index (Phi) is 4.49. The second kappa shape index (κ2) is 5.72. The third-order valence-corrected chi connectivity index (χ3v) is 1.96. The van der Waals surface area contributed by atoms with Crippen molar-refractivity contribution in [2.75, 3.05) is 19.7 Å². The van der Waals surface area contributed by atoms with Crippen molar-refractivity contribution in [1.29, 1.82) is 0 Å². The summed E-state index contributed by atoms with van der Waals surface area (Å²) in [4.78, 5) is 4.13. The van der Waals surface area contributed by atoms with Gasteiger partial charge in [0.05, 0.1) is 0 Å². The van der Waals surface area contributed by atoms with Gasteiger partial charge in [0.1, 0.15) is 5.82 Å². The van der Waals surface area contributed by atoms with Gasteiger partial charge in [-0.2, -0.15) is 0 Å². The van der Waals surface area contributed by atoms with E-state index in [9.17, 15) is 0 Å². The number of aliphatic hydroxyl groups excluding tert-OH is 1. The molecule has 1 rings (SSSR count). The van der Waals surface area contributed by atoms with Crippen molar-refractivity contribution in [3.63, 3.8) is 0 Å². The van der Waals surface area contributed by atoms with Gasteiger partial charge in [0, 0.05) is 32.1 Å². The molecule has 1 aromatic rings. The molecule has 2 N–H and O–H groups in total. The van der Waals surface area contributed by atoms with Gasteiger partial charge in [-0.05, 0) is 19.9 Å². The van der Waals surface area contributed by atoms with Gasteiger partial charge in [-0.1, -0.05) is 0 Å². The van der Waals surface area contributed by atoms with Gasteiger partial charge >= 0.3 is 0 Å². The smallest absolute Gasteiger partial charge is 0.105 e. The van der Waals surface area contributed by atoms with E-state index in [1.54, 1.807) is 0 Å². The molecule has 0 amide bonds. The standard InChI is InChI=1S/C9H17N3O/c1-9-11-5-7-12(9)6-4-10-3-2-8-13/h5,7,10,13H,2-4,6,8H2,1H3. The maximum Gasteiger partial charge on any atom is 0.105 e. The van der Waals surface area contributed by atoms with E-state index in [2.05, 4.69) is 14.9 Å². The Hall–Kier alpha value is -0.870.